The molecule has 0 aliphatic carbocycles. The zero-order valence-corrected chi connectivity index (χ0v) is 18.6. The molecule has 2 aromatic heterocycles. The van der Waals surface area contributed by atoms with Crippen LogP contribution in [0.3, 0.4) is 0 Å². The topological polar surface area (TPSA) is 106 Å². The van der Waals surface area contributed by atoms with Gasteiger partial charge in [-0.15, -0.1) is 12.4 Å². The number of nitrogens with zero attached hydrogens (tertiary/aromatic N) is 4. The highest BCUT2D eigenvalue weighted by Gasteiger charge is 2.15. The van der Waals surface area contributed by atoms with Gasteiger partial charge in [-0.25, -0.2) is 9.97 Å². The van der Waals surface area contributed by atoms with Gasteiger partial charge in [0.15, 0.2) is 11.5 Å². The smallest absolute Gasteiger partial charge is 0.278 e. The van der Waals surface area contributed by atoms with Crippen molar-refractivity contribution >= 4 is 29.8 Å². The summed E-state index contributed by atoms with van der Waals surface area (Å²) in [6, 6.07) is 11.1. The number of halogens is 1. The zero-order chi connectivity index (χ0) is 21.5. The number of carbonyl (C=O) groups is 1. The van der Waals surface area contributed by atoms with E-state index >= 15 is 0 Å². The van der Waals surface area contributed by atoms with Crippen molar-refractivity contribution in [3.8, 4) is 17.0 Å². The molecular formula is C23H27ClN6O2. The monoisotopic (exact) mass is 454 g/mol. The molecule has 0 bridgehead atoms. The molecule has 3 N–H and O–H groups in total. The van der Waals surface area contributed by atoms with Crippen LogP contribution in [0.2, 0.25) is 0 Å². The molecule has 0 spiro atoms. The number of pyridine rings is 1. The van der Waals surface area contributed by atoms with Crippen LogP contribution in [0.5, 0.6) is 5.75 Å². The minimum Gasteiger partial charge on any atom is -0.492 e. The first-order chi connectivity index (χ1) is 15.2. The normalized spacial score (nSPS) is 13.8. The maximum Gasteiger partial charge on any atom is 0.278 e. The number of nitrogens with one attached hydrogen (secondary N) is 1. The van der Waals surface area contributed by atoms with Crippen molar-refractivity contribution < 1.29 is 9.53 Å². The van der Waals surface area contributed by atoms with E-state index in [2.05, 4.69) is 25.2 Å². The Balaban J connectivity index is 0.00000289. The second kappa shape index (κ2) is 11.4. The summed E-state index contributed by atoms with van der Waals surface area (Å²) in [5, 5.41) is 2.73. The maximum absolute atomic E-state index is 12.6. The molecule has 0 atom stereocenters. The quantitative estimate of drug-likeness (QED) is 0.561. The van der Waals surface area contributed by atoms with Crippen molar-refractivity contribution in [3.05, 3.63) is 60.7 Å². The van der Waals surface area contributed by atoms with Gasteiger partial charge in [0.1, 0.15) is 12.4 Å². The Morgan fingerprint density at radius 2 is 1.88 bits per heavy atom. The summed E-state index contributed by atoms with van der Waals surface area (Å²) < 4.78 is 5.88. The minimum absolute atomic E-state index is 0. The van der Waals surface area contributed by atoms with Crippen molar-refractivity contribution in [2.75, 3.05) is 37.3 Å². The van der Waals surface area contributed by atoms with Crippen molar-refractivity contribution in [1.82, 2.24) is 19.9 Å². The number of anilines is 2. The molecule has 8 nitrogen and oxygen atoms in total. The fraction of sp³-hybridized carbons (Fsp3) is 0.304. The number of hydrogen-bond donors (Lipinski definition) is 2. The number of nitrogen functional groups attached to an aromatic ring is 1. The first kappa shape index (κ1) is 23.4. The fourth-order valence-electron chi connectivity index (χ4n) is 3.53. The van der Waals surface area contributed by atoms with Crippen LogP contribution in [-0.4, -0.2) is 52.0 Å². The third-order valence-corrected chi connectivity index (χ3v) is 5.21. The summed E-state index contributed by atoms with van der Waals surface area (Å²) in [6.45, 7) is 3.93. The molecule has 32 heavy (non-hydrogen) atoms. The molecule has 1 aliphatic rings. The van der Waals surface area contributed by atoms with Gasteiger partial charge in [0.2, 0.25) is 0 Å². The largest absolute Gasteiger partial charge is 0.492 e. The van der Waals surface area contributed by atoms with Crippen LogP contribution in [0.25, 0.3) is 11.3 Å². The van der Waals surface area contributed by atoms with Gasteiger partial charge in [0.05, 0.1) is 23.8 Å². The summed E-state index contributed by atoms with van der Waals surface area (Å²) >= 11 is 0. The Hall–Kier alpha value is -3.23. The molecule has 0 unspecified atom stereocenters. The fourth-order valence-corrected chi connectivity index (χ4v) is 3.53. The molecule has 0 radical (unpaired) electrons. The number of rotatable bonds is 7. The minimum atomic E-state index is -0.433. The molecule has 9 heteroatoms. The molecule has 1 saturated heterocycles. The number of hydrogen-bond acceptors (Lipinski definition) is 7. The van der Waals surface area contributed by atoms with E-state index in [4.69, 9.17) is 10.5 Å². The Kier molecular flexibility index (Phi) is 8.35. The average Bonchev–Trinajstić information content (AvgIpc) is 2.81. The van der Waals surface area contributed by atoms with Crippen LogP contribution in [0, 0.1) is 0 Å². The molecule has 3 heterocycles. The number of aromatic nitrogens is 3. The number of ether oxygens (including phenoxy) is 1. The van der Waals surface area contributed by atoms with E-state index < -0.39 is 5.91 Å². The van der Waals surface area contributed by atoms with Gasteiger partial charge < -0.3 is 15.8 Å². The number of benzene rings is 1. The standard InChI is InChI=1S/C23H26N6O2.ClH/c24-22-21(23(30)27-18-5-4-10-25-15-18)28-20(16-26-22)17-6-8-19(9-7-17)31-14-13-29-11-2-1-3-12-29;/h4-10,15-16H,1-3,11-14H2,(H2,24,26)(H,27,30);1H. The molecule has 1 aromatic carbocycles. The number of carbonyl (C=O) groups excluding carboxylic acids is 1. The molecule has 1 aliphatic heterocycles. The second-order valence-corrected chi connectivity index (χ2v) is 7.46. The number of piperidine rings is 1. The van der Waals surface area contributed by atoms with E-state index in [0.717, 1.165) is 30.9 Å². The maximum atomic E-state index is 12.6. The van der Waals surface area contributed by atoms with E-state index in [-0.39, 0.29) is 23.9 Å². The van der Waals surface area contributed by atoms with Crippen LogP contribution in [0.1, 0.15) is 29.8 Å². The van der Waals surface area contributed by atoms with E-state index in [1.54, 1.807) is 30.7 Å². The van der Waals surface area contributed by atoms with Gasteiger partial charge in [0.25, 0.3) is 5.91 Å². The van der Waals surface area contributed by atoms with E-state index in [1.165, 1.54) is 19.3 Å². The summed E-state index contributed by atoms with van der Waals surface area (Å²) in [5.74, 6) is 0.444. The molecule has 0 saturated carbocycles. The van der Waals surface area contributed by atoms with E-state index in [1.807, 2.05) is 24.3 Å². The van der Waals surface area contributed by atoms with Gasteiger partial charge in [-0.2, -0.15) is 0 Å². The van der Waals surface area contributed by atoms with E-state index in [9.17, 15) is 4.79 Å². The Morgan fingerprint density at radius 3 is 2.59 bits per heavy atom. The highest BCUT2D eigenvalue weighted by Crippen LogP contribution is 2.22. The van der Waals surface area contributed by atoms with Crippen molar-refractivity contribution in [1.29, 1.82) is 0 Å². The molecule has 168 valence electrons. The molecule has 1 fully saturated rings. The number of likely N-dealkylation sites (tertiary alicyclic amines) is 1. The summed E-state index contributed by atoms with van der Waals surface area (Å²) in [6.07, 6.45) is 8.63. The molecule has 4 rings (SSSR count). The predicted molar refractivity (Wildman–Crippen MR) is 127 cm³/mol. The second-order valence-electron chi connectivity index (χ2n) is 7.46. The van der Waals surface area contributed by atoms with Crippen LogP contribution >= 0.6 is 12.4 Å². The third kappa shape index (κ3) is 6.15. The van der Waals surface area contributed by atoms with Crippen LogP contribution in [-0.2, 0) is 0 Å². The number of amides is 1. The third-order valence-electron chi connectivity index (χ3n) is 5.21. The highest BCUT2D eigenvalue weighted by atomic mass is 35.5. The lowest BCUT2D eigenvalue weighted by molar-refractivity contribution is 0.102. The van der Waals surface area contributed by atoms with Gasteiger partial charge in [-0.3, -0.25) is 14.7 Å². The van der Waals surface area contributed by atoms with Gasteiger partial charge in [-0.1, -0.05) is 6.42 Å². The van der Waals surface area contributed by atoms with Crippen molar-refractivity contribution in [2.45, 2.75) is 19.3 Å². The zero-order valence-electron chi connectivity index (χ0n) is 17.7. The van der Waals surface area contributed by atoms with Crippen molar-refractivity contribution in [2.24, 2.45) is 0 Å². The molecular weight excluding hydrogens is 428 g/mol. The summed E-state index contributed by atoms with van der Waals surface area (Å²) in [5.41, 5.74) is 7.91. The van der Waals surface area contributed by atoms with Gasteiger partial charge >= 0.3 is 0 Å². The molecule has 1 amide bonds. The SMILES string of the molecule is Cl.Nc1ncc(-c2ccc(OCCN3CCCCC3)cc2)nc1C(=O)Nc1cccnc1. The number of nitrogens with two attached hydrogens (primary N) is 1. The Morgan fingerprint density at radius 1 is 1.09 bits per heavy atom. The Bertz CT molecular complexity index is 1010. The lowest BCUT2D eigenvalue weighted by Crippen LogP contribution is -2.33. The first-order valence-electron chi connectivity index (χ1n) is 10.5. The Labute approximate surface area is 193 Å². The highest BCUT2D eigenvalue weighted by molar-refractivity contribution is 6.05. The van der Waals surface area contributed by atoms with Crippen LogP contribution < -0.4 is 15.8 Å². The lowest BCUT2D eigenvalue weighted by Gasteiger charge is -2.26. The first-order valence-corrected chi connectivity index (χ1v) is 10.5. The van der Waals surface area contributed by atoms with Gasteiger partial charge in [-0.05, 0) is 62.3 Å². The average molecular weight is 455 g/mol. The van der Waals surface area contributed by atoms with Gasteiger partial charge in [0, 0.05) is 18.3 Å². The van der Waals surface area contributed by atoms with Crippen molar-refractivity contribution in [3.63, 3.8) is 0 Å². The lowest BCUT2D eigenvalue weighted by atomic mass is 10.1. The van der Waals surface area contributed by atoms with Crippen LogP contribution in [0.15, 0.2) is 55.0 Å². The summed E-state index contributed by atoms with van der Waals surface area (Å²) in [7, 11) is 0. The molecule has 3 aromatic rings. The summed E-state index contributed by atoms with van der Waals surface area (Å²) in [4.78, 5) is 27.6. The van der Waals surface area contributed by atoms with E-state index in [0.29, 0.717) is 18.0 Å². The van der Waals surface area contributed by atoms with Crippen LogP contribution in [0.4, 0.5) is 11.5 Å². The predicted octanol–water partition coefficient (Wildman–Crippen LogP) is 3.66.